The van der Waals surface area contributed by atoms with Crippen molar-refractivity contribution in [3.63, 3.8) is 0 Å². The Kier molecular flexibility index (Phi) is 5.11. The normalized spacial score (nSPS) is 10.9. The number of rotatable bonds is 4. The SMILES string of the molecule is CC(C)Oc1ccc(-c2nnc(Cl)nc2-c2ccc(Br)cc2)cc1. The lowest BCUT2D eigenvalue weighted by Gasteiger charge is -2.11. The molecule has 6 heteroatoms. The molecule has 0 unspecified atom stereocenters. The van der Waals surface area contributed by atoms with Crippen LogP contribution in [0.25, 0.3) is 22.5 Å². The van der Waals surface area contributed by atoms with Gasteiger partial charge in [0.15, 0.2) is 0 Å². The molecule has 1 aromatic heterocycles. The molecule has 0 aliphatic heterocycles. The van der Waals surface area contributed by atoms with Crippen LogP contribution >= 0.6 is 27.5 Å². The molecule has 0 radical (unpaired) electrons. The van der Waals surface area contributed by atoms with Crippen LogP contribution in [0.3, 0.4) is 0 Å². The minimum Gasteiger partial charge on any atom is -0.491 e. The monoisotopic (exact) mass is 403 g/mol. The first-order valence-corrected chi connectivity index (χ1v) is 8.63. The Morgan fingerprint density at radius 1 is 0.875 bits per heavy atom. The molecule has 0 N–H and O–H groups in total. The van der Waals surface area contributed by atoms with Crippen LogP contribution in [0.1, 0.15) is 13.8 Å². The molecule has 1 heterocycles. The predicted molar refractivity (Wildman–Crippen MR) is 99.2 cm³/mol. The van der Waals surface area contributed by atoms with Crippen molar-refractivity contribution in [2.45, 2.75) is 20.0 Å². The lowest BCUT2D eigenvalue weighted by molar-refractivity contribution is 0.242. The molecule has 0 atom stereocenters. The summed E-state index contributed by atoms with van der Waals surface area (Å²) in [4.78, 5) is 4.37. The van der Waals surface area contributed by atoms with Gasteiger partial charge in [0.05, 0.1) is 6.10 Å². The molecule has 0 aliphatic carbocycles. The first kappa shape index (κ1) is 16.9. The zero-order chi connectivity index (χ0) is 17.1. The Balaban J connectivity index is 2.03. The van der Waals surface area contributed by atoms with Gasteiger partial charge in [-0.15, -0.1) is 10.2 Å². The summed E-state index contributed by atoms with van der Waals surface area (Å²) < 4.78 is 6.67. The van der Waals surface area contributed by atoms with E-state index in [1.54, 1.807) is 0 Å². The van der Waals surface area contributed by atoms with E-state index in [2.05, 4.69) is 31.1 Å². The van der Waals surface area contributed by atoms with Gasteiger partial charge in [-0.2, -0.15) is 0 Å². The Hall–Kier alpha value is -1.98. The average Bonchev–Trinajstić information content (AvgIpc) is 2.56. The fourth-order valence-corrected chi connectivity index (χ4v) is 2.66. The molecule has 0 bridgehead atoms. The molecule has 0 spiro atoms. The van der Waals surface area contributed by atoms with Crippen molar-refractivity contribution in [3.05, 3.63) is 58.3 Å². The lowest BCUT2D eigenvalue weighted by Crippen LogP contribution is -2.05. The quantitative estimate of drug-likeness (QED) is 0.583. The number of ether oxygens (including phenoxy) is 1. The first-order valence-electron chi connectivity index (χ1n) is 7.46. The van der Waals surface area contributed by atoms with Crippen molar-refractivity contribution in [2.24, 2.45) is 0 Å². The lowest BCUT2D eigenvalue weighted by atomic mass is 10.0. The Labute approximate surface area is 154 Å². The van der Waals surface area contributed by atoms with Gasteiger partial charge in [0, 0.05) is 15.6 Å². The van der Waals surface area contributed by atoms with Crippen LogP contribution in [0.5, 0.6) is 5.75 Å². The Morgan fingerprint density at radius 3 is 2.08 bits per heavy atom. The van der Waals surface area contributed by atoms with E-state index >= 15 is 0 Å². The fraction of sp³-hybridized carbons (Fsp3) is 0.167. The van der Waals surface area contributed by atoms with Crippen molar-refractivity contribution in [2.75, 3.05) is 0 Å². The molecule has 0 saturated carbocycles. The highest BCUT2D eigenvalue weighted by atomic mass is 79.9. The highest BCUT2D eigenvalue weighted by Gasteiger charge is 2.13. The van der Waals surface area contributed by atoms with E-state index in [0.29, 0.717) is 11.4 Å². The van der Waals surface area contributed by atoms with Crippen LogP contribution in [0.2, 0.25) is 5.28 Å². The van der Waals surface area contributed by atoms with Crippen molar-refractivity contribution < 1.29 is 4.74 Å². The van der Waals surface area contributed by atoms with E-state index in [0.717, 1.165) is 21.3 Å². The zero-order valence-electron chi connectivity index (χ0n) is 13.2. The minimum atomic E-state index is 0.122. The van der Waals surface area contributed by atoms with Gasteiger partial charge in [-0.25, -0.2) is 4.98 Å². The molecule has 0 saturated heterocycles. The third kappa shape index (κ3) is 3.91. The van der Waals surface area contributed by atoms with E-state index in [9.17, 15) is 0 Å². The number of aromatic nitrogens is 3. The molecule has 122 valence electrons. The molecule has 3 aromatic rings. The number of halogens is 2. The van der Waals surface area contributed by atoms with E-state index < -0.39 is 0 Å². The standard InChI is InChI=1S/C18H15BrClN3O/c1-11(2)24-15-9-5-13(6-10-15)17-16(21-18(20)23-22-17)12-3-7-14(19)8-4-12/h3-11H,1-2H3. The van der Waals surface area contributed by atoms with Crippen molar-refractivity contribution in [1.82, 2.24) is 15.2 Å². The third-order valence-corrected chi connectivity index (χ3v) is 3.97. The minimum absolute atomic E-state index is 0.122. The van der Waals surface area contributed by atoms with Crippen LogP contribution in [0.15, 0.2) is 53.0 Å². The van der Waals surface area contributed by atoms with Crippen LogP contribution in [-0.4, -0.2) is 21.3 Å². The Morgan fingerprint density at radius 2 is 1.46 bits per heavy atom. The van der Waals surface area contributed by atoms with Crippen molar-refractivity contribution in [1.29, 1.82) is 0 Å². The van der Waals surface area contributed by atoms with Crippen molar-refractivity contribution >= 4 is 27.5 Å². The van der Waals surface area contributed by atoms with Gasteiger partial charge >= 0.3 is 0 Å². The maximum atomic E-state index is 5.95. The molecular formula is C18H15BrClN3O. The van der Waals surface area contributed by atoms with Crippen LogP contribution < -0.4 is 4.74 Å². The fourth-order valence-electron chi connectivity index (χ4n) is 2.27. The summed E-state index contributed by atoms with van der Waals surface area (Å²) in [7, 11) is 0. The van der Waals surface area contributed by atoms with E-state index in [-0.39, 0.29) is 11.4 Å². The summed E-state index contributed by atoms with van der Waals surface area (Å²) in [6.07, 6.45) is 0.131. The maximum Gasteiger partial charge on any atom is 0.243 e. The summed E-state index contributed by atoms with van der Waals surface area (Å²) in [5, 5.41) is 8.26. The number of hydrogen-bond donors (Lipinski definition) is 0. The van der Waals surface area contributed by atoms with Gasteiger partial charge < -0.3 is 4.74 Å². The smallest absolute Gasteiger partial charge is 0.243 e. The maximum absolute atomic E-state index is 5.95. The van der Waals surface area contributed by atoms with E-state index in [1.807, 2.05) is 62.4 Å². The Bertz CT molecular complexity index is 836. The van der Waals surface area contributed by atoms with Gasteiger partial charge in [-0.3, -0.25) is 0 Å². The van der Waals surface area contributed by atoms with Crippen LogP contribution in [0, 0.1) is 0 Å². The molecule has 0 amide bonds. The molecular weight excluding hydrogens is 390 g/mol. The van der Waals surface area contributed by atoms with Crippen LogP contribution in [0.4, 0.5) is 0 Å². The molecule has 0 aliphatic rings. The van der Waals surface area contributed by atoms with Crippen molar-refractivity contribution in [3.8, 4) is 28.3 Å². The second-order valence-corrected chi connectivity index (χ2v) is 6.73. The van der Waals surface area contributed by atoms with Gasteiger partial charge in [0.2, 0.25) is 5.28 Å². The van der Waals surface area contributed by atoms with Gasteiger partial charge in [-0.05, 0) is 61.8 Å². The topological polar surface area (TPSA) is 47.9 Å². The average molecular weight is 405 g/mol. The summed E-state index contributed by atoms with van der Waals surface area (Å²) in [6.45, 7) is 3.99. The molecule has 2 aromatic carbocycles. The van der Waals surface area contributed by atoms with Crippen LogP contribution in [-0.2, 0) is 0 Å². The molecule has 4 nitrogen and oxygen atoms in total. The number of hydrogen-bond acceptors (Lipinski definition) is 4. The predicted octanol–water partition coefficient (Wildman–Crippen LogP) is 5.41. The van der Waals surface area contributed by atoms with E-state index in [1.165, 1.54) is 0 Å². The number of benzene rings is 2. The number of nitrogens with zero attached hydrogens (tertiary/aromatic N) is 3. The summed E-state index contributed by atoms with van der Waals surface area (Å²) in [5.74, 6) is 0.814. The summed E-state index contributed by atoms with van der Waals surface area (Å²) in [6, 6.07) is 15.5. The third-order valence-electron chi connectivity index (χ3n) is 3.28. The van der Waals surface area contributed by atoms with Gasteiger partial charge in [-0.1, -0.05) is 28.1 Å². The summed E-state index contributed by atoms with van der Waals surface area (Å²) in [5.41, 5.74) is 3.20. The van der Waals surface area contributed by atoms with Gasteiger partial charge in [0.1, 0.15) is 17.1 Å². The molecule has 3 rings (SSSR count). The second kappa shape index (κ2) is 7.28. The van der Waals surface area contributed by atoms with E-state index in [4.69, 9.17) is 16.3 Å². The molecule has 24 heavy (non-hydrogen) atoms. The first-order chi connectivity index (χ1) is 11.5. The zero-order valence-corrected chi connectivity index (χ0v) is 15.5. The van der Waals surface area contributed by atoms with Gasteiger partial charge in [0.25, 0.3) is 0 Å². The highest BCUT2D eigenvalue weighted by Crippen LogP contribution is 2.30. The largest absolute Gasteiger partial charge is 0.491 e. The molecule has 0 fully saturated rings. The summed E-state index contributed by atoms with van der Waals surface area (Å²) >= 11 is 9.39. The second-order valence-electron chi connectivity index (χ2n) is 5.48. The highest BCUT2D eigenvalue weighted by molar-refractivity contribution is 9.10.